The molecule has 0 aliphatic heterocycles. The molecule has 0 unspecified atom stereocenters. The van der Waals surface area contributed by atoms with Crippen LogP contribution in [0, 0.1) is 0 Å². The van der Waals surface area contributed by atoms with Crippen molar-refractivity contribution in [3.05, 3.63) is 89.9 Å². The molecule has 30 heavy (non-hydrogen) atoms. The number of fused-ring (bicyclic) bond motifs is 1. The predicted molar refractivity (Wildman–Crippen MR) is 125 cm³/mol. The molecule has 0 radical (unpaired) electrons. The lowest BCUT2D eigenvalue weighted by atomic mass is 9.90. The first kappa shape index (κ1) is 19.8. The van der Waals surface area contributed by atoms with Gasteiger partial charge in [0, 0.05) is 22.4 Å². The number of amides is 1. The average molecular weight is 416 g/mol. The molecule has 4 aromatic rings. The summed E-state index contributed by atoms with van der Waals surface area (Å²) in [5.74, 6) is 6.86. The molecule has 0 fully saturated rings. The van der Waals surface area contributed by atoms with Crippen LogP contribution in [-0.4, -0.2) is 18.4 Å². The van der Waals surface area contributed by atoms with Gasteiger partial charge in [-0.15, -0.1) is 0 Å². The van der Waals surface area contributed by atoms with Gasteiger partial charge in [-0.05, 0) is 41.3 Å². The van der Waals surface area contributed by atoms with Crippen LogP contribution in [0.3, 0.4) is 0 Å². The van der Waals surface area contributed by atoms with Gasteiger partial charge in [0.15, 0.2) is 0 Å². The standard InChI is InChI=1S/C24H21N3O2S/c1-30-15-20-12-18(14-29-20)22-21-10-6-5-7-16(21)11-17(13-26-25)23(22)24(28)27-19-8-3-2-4-9-19/h2-14H,15,25H2,1H3,(H,27,28)/b26-13+. The fourth-order valence-corrected chi connectivity index (χ4v) is 3.98. The molecule has 0 atom stereocenters. The van der Waals surface area contributed by atoms with Crippen molar-refractivity contribution in [2.75, 3.05) is 11.6 Å². The first-order valence-electron chi connectivity index (χ1n) is 9.43. The van der Waals surface area contributed by atoms with Crippen LogP contribution in [-0.2, 0) is 5.75 Å². The number of nitrogens with one attached hydrogen (secondary N) is 1. The highest BCUT2D eigenvalue weighted by Crippen LogP contribution is 2.36. The monoisotopic (exact) mass is 415 g/mol. The third-order valence-corrected chi connectivity index (χ3v) is 5.35. The zero-order chi connectivity index (χ0) is 20.9. The molecule has 0 aliphatic carbocycles. The second-order valence-electron chi connectivity index (χ2n) is 6.77. The van der Waals surface area contributed by atoms with Crippen LogP contribution < -0.4 is 11.2 Å². The van der Waals surface area contributed by atoms with Gasteiger partial charge in [-0.1, -0.05) is 42.5 Å². The lowest BCUT2D eigenvalue weighted by Crippen LogP contribution is -2.16. The fourth-order valence-electron chi connectivity index (χ4n) is 3.54. The van der Waals surface area contributed by atoms with Gasteiger partial charge in [-0.25, -0.2) is 0 Å². The molecule has 0 aliphatic rings. The van der Waals surface area contributed by atoms with E-state index in [1.54, 1.807) is 18.0 Å². The summed E-state index contributed by atoms with van der Waals surface area (Å²) in [5.41, 5.74) is 3.51. The molecule has 0 saturated carbocycles. The fraction of sp³-hybridized carbons (Fsp3) is 0.0833. The van der Waals surface area contributed by atoms with Crippen molar-refractivity contribution in [1.29, 1.82) is 0 Å². The molecule has 1 heterocycles. The summed E-state index contributed by atoms with van der Waals surface area (Å²) in [6.45, 7) is 0. The summed E-state index contributed by atoms with van der Waals surface area (Å²) in [7, 11) is 0. The Kier molecular flexibility index (Phi) is 5.86. The smallest absolute Gasteiger partial charge is 0.256 e. The van der Waals surface area contributed by atoms with Gasteiger partial charge >= 0.3 is 0 Å². The quantitative estimate of drug-likeness (QED) is 0.247. The van der Waals surface area contributed by atoms with Crippen molar-refractivity contribution in [2.24, 2.45) is 10.9 Å². The summed E-state index contributed by atoms with van der Waals surface area (Å²) in [6, 6.07) is 21.2. The van der Waals surface area contributed by atoms with Crippen LogP contribution >= 0.6 is 11.8 Å². The number of furan rings is 1. The van der Waals surface area contributed by atoms with Gasteiger partial charge in [0.25, 0.3) is 5.91 Å². The Morgan fingerprint density at radius 1 is 1.13 bits per heavy atom. The lowest BCUT2D eigenvalue weighted by Gasteiger charge is -2.15. The molecular weight excluding hydrogens is 394 g/mol. The van der Waals surface area contributed by atoms with Crippen LogP contribution in [0.15, 0.2) is 82.5 Å². The second-order valence-corrected chi connectivity index (χ2v) is 7.64. The molecule has 1 aromatic heterocycles. The summed E-state index contributed by atoms with van der Waals surface area (Å²) >= 11 is 1.68. The van der Waals surface area contributed by atoms with E-state index < -0.39 is 0 Å². The summed E-state index contributed by atoms with van der Waals surface area (Å²) in [5, 5.41) is 8.64. The third kappa shape index (κ3) is 3.95. The van der Waals surface area contributed by atoms with E-state index in [4.69, 9.17) is 10.3 Å². The van der Waals surface area contributed by atoms with Gasteiger partial charge in [0.1, 0.15) is 5.76 Å². The molecule has 5 nitrogen and oxygen atoms in total. The topological polar surface area (TPSA) is 80.6 Å². The number of benzene rings is 3. The summed E-state index contributed by atoms with van der Waals surface area (Å²) in [4.78, 5) is 13.4. The molecular formula is C24H21N3O2S. The van der Waals surface area contributed by atoms with E-state index in [1.807, 2.05) is 73.0 Å². The van der Waals surface area contributed by atoms with Crippen molar-refractivity contribution in [3.8, 4) is 11.1 Å². The molecule has 150 valence electrons. The number of hydrazone groups is 1. The molecule has 0 saturated heterocycles. The first-order valence-corrected chi connectivity index (χ1v) is 10.8. The number of anilines is 1. The SMILES string of the molecule is CSCc1cc(-c2c(C(=O)Nc3ccccc3)c(/C=N/N)cc3ccccc23)co1. The Morgan fingerprint density at radius 3 is 2.67 bits per heavy atom. The van der Waals surface area contributed by atoms with Crippen LogP contribution in [0.5, 0.6) is 0 Å². The number of thioether (sulfide) groups is 1. The number of carbonyl (C=O) groups is 1. The molecule has 0 bridgehead atoms. The number of rotatable bonds is 6. The third-order valence-electron chi connectivity index (χ3n) is 4.78. The maximum absolute atomic E-state index is 13.4. The molecule has 3 N–H and O–H groups in total. The minimum Gasteiger partial charge on any atom is -0.468 e. The number of para-hydroxylation sites is 1. The predicted octanol–water partition coefficient (Wildman–Crippen LogP) is 5.51. The Hall–Kier alpha value is -3.51. The summed E-state index contributed by atoms with van der Waals surface area (Å²) in [6.07, 6.45) is 5.24. The van der Waals surface area contributed by atoms with Crippen LogP contribution in [0.1, 0.15) is 21.7 Å². The molecule has 4 rings (SSSR count). The zero-order valence-electron chi connectivity index (χ0n) is 16.5. The Labute approximate surface area is 179 Å². The Balaban J connectivity index is 1.95. The van der Waals surface area contributed by atoms with Crippen molar-refractivity contribution in [1.82, 2.24) is 0 Å². The van der Waals surface area contributed by atoms with E-state index in [-0.39, 0.29) is 5.91 Å². The maximum atomic E-state index is 13.4. The summed E-state index contributed by atoms with van der Waals surface area (Å²) < 4.78 is 5.75. The molecule has 6 heteroatoms. The lowest BCUT2D eigenvalue weighted by molar-refractivity contribution is 0.102. The van der Waals surface area contributed by atoms with Crippen molar-refractivity contribution < 1.29 is 9.21 Å². The maximum Gasteiger partial charge on any atom is 0.256 e. The normalized spacial score (nSPS) is 11.2. The van der Waals surface area contributed by atoms with E-state index in [9.17, 15) is 4.79 Å². The van der Waals surface area contributed by atoms with E-state index in [2.05, 4.69) is 10.4 Å². The van der Waals surface area contributed by atoms with E-state index >= 15 is 0 Å². The van der Waals surface area contributed by atoms with Crippen molar-refractivity contribution >= 4 is 40.3 Å². The van der Waals surface area contributed by atoms with Crippen molar-refractivity contribution in [3.63, 3.8) is 0 Å². The number of hydrogen-bond acceptors (Lipinski definition) is 5. The first-order chi connectivity index (χ1) is 14.7. The number of nitrogens with zero attached hydrogens (tertiary/aromatic N) is 1. The van der Waals surface area contributed by atoms with E-state index in [0.717, 1.165) is 33.4 Å². The minimum absolute atomic E-state index is 0.232. The second kappa shape index (κ2) is 8.88. The Bertz CT molecular complexity index is 1220. The van der Waals surface area contributed by atoms with Gasteiger partial charge < -0.3 is 15.6 Å². The number of nitrogens with two attached hydrogens (primary N) is 1. The van der Waals surface area contributed by atoms with Gasteiger partial charge in [-0.2, -0.15) is 16.9 Å². The molecule has 3 aromatic carbocycles. The molecule has 1 amide bonds. The number of hydrogen-bond donors (Lipinski definition) is 2. The average Bonchev–Trinajstić information content (AvgIpc) is 3.22. The van der Waals surface area contributed by atoms with Gasteiger partial charge in [0.05, 0.1) is 23.8 Å². The number of carbonyl (C=O) groups excluding carboxylic acids is 1. The van der Waals surface area contributed by atoms with Gasteiger partial charge in [0.2, 0.25) is 0 Å². The Morgan fingerprint density at radius 2 is 1.90 bits per heavy atom. The largest absolute Gasteiger partial charge is 0.468 e. The highest BCUT2D eigenvalue weighted by atomic mass is 32.2. The molecule has 0 spiro atoms. The van der Waals surface area contributed by atoms with Gasteiger partial charge in [-0.3, -0.25) is 4.79 Å². The minimum atomic E-state index is -0.232. The highest BCUT2D eigenvalue weighted by molar-refractivity contribution is 7.97. The van der Waals surface area contributed by atoms with Crippen LogP contribution in [0.4, 0.5) is 5.69 Å². The van der Waals surface area contributed by atoms with Crippen LogP contribution in [0.2, 0.25) is 0 Å². The zero-order valence-corrected chi connectivity index (χ0v) is 17.3. The van der Waals surface area contributed by atoms with E-state index in [1.165, 1.54) is 6.21 Å². The van der Waals surface area contributed by atoms with Crippen LogP contribution in [0.25, 0.3) is 21.9 Å². The highest BCUT2D eigenvalue weighted by Gasteiger charge is 2.22. The van der Waals surface area contributed by atoms with Crippen molar-refractivity contribution in [2.45, 2.75) is 5.75 Å². The van der Waals surface area contributed by atoms with E-state index in [0.29, 0.717) is 16.8 Å².